The highest BCUT2D eigenvalue weighted by molar-refractivity contribution is 5.92. The number of ether oxygens (including phenoxy) is 1. The highest BCUT2D eigenvalue weighted by atomic mass is 16.6. The van der Waals surface area contributed by atoms with E-state index in [1.807, 2.05) is 0 Å². The van der Waals surface area contributed by atoms with E-state index in [2.05, 4.69) is 5.32 Å². The molecule has 0 aromatic heterocycles. The van der Waals surface area contributed by atoms with Crippen molar-refractivity contribution < 1.29 is 14.5 Å². The van der Waals surface area contributed by atoms with Crippen molar-refractivity contribution in [2.75, 3.05) is 19.6 Å². The van der Waals surface area contributed by atoms with Gasteiger partial charge in [0.05, 0.1) is 4.92 Å². The van der Waals surface area contributed by atoms with E-state index in [0.717, 1.165) is 19.5 Å². The van der Waals surface area contributed by atoms with Crippen molar-refractivity contribution in [3.8, 4) is 0 Å². The number of hydrogen-bond acceptors (Lipinski definition) is 6. The number of hydrogen-bond donors (Lipinski definition) is 2. The summed E-state index contributed by atoms with van der Waals surface area (Å²) in [4.78, 5) is 23.6. The zero-order valence-electron chi connectivity index (χ0n) is 12.9. The van der Waals surface area contributed by atoms with Gasteiger partial charge in [0.2, 0.25) is 0 Å². The molecule has 1 saturated heterocycles. The Morgan fingerprint density at radius 2 is 2.17 bits per heavy atom. The van der Waals surface area contributed by atoms with E-state index in [-0.39, 0.29) is 18.1 Å². The predicted octanol–water partition coefficient (Wildman–Crippen LogP) is 2.14. The minimum atomic E-state index is -0.567. The molecule has 0 bridgehead atoms. The van der Waals surface area contributed by atoms with E-state index < -0.39 is 11.0 Å². The Bertz CT molecular complexity index is 582. The SMILES string of the molecule is CC(=N)N(C[C@H]1CCNC1)C(=O)OCc1ccc([N+](=O)[O-])cc1. The zero-order chi connectivity index (χ0) is 16.8. The maximum absolute atomic E-state index is 12.2. The Morgan fingerprint density at radius 1 is 1.48 bits per heavy atom. The fraction of sp³-hybridized carbons (Fsp3) is 0.467. The van der Waals surface area contributed by atoms with Gasteiger partial charge in [0.15, 0.2) is 0 Å². The van der Waals surface area contributed by atoms with Gasteiger partial charge in [-0.1, -0.05) is 0 Å². The molecular weight excluding hydrogens is 300 g/mol. The summed E-state index contributed by atoms with van der Waals surface area (Å²) in [6.07, 6.45) is 0.405. The molecule has 1 fully saturated rings. The number of carbonyl (C=O) groups excluding carboxylic acids is 1. The summed E-state index contributed by atoms with van der Waals surface area (Å²) >= 11 is 0. The van der Waals surface area contributed by atoms with Gasteiger partial charge in [-0.15, -0.1) is 0 Å². The maximum atomic E-state index is 12.2. The van der Waals surface area contributed by atoms with E-state index in [4.69, 9.17) is 10.1 Å². The molecule has 1 aromatic carbocycles. The van der Waals surface area contributed by atoms with Crippen molar-refractivity contribution >= 4 is 17.6 Å². The van der Waals surface area contributed by atoms with Crippen molar-refractivity contribution in [2.45, 2.75) is 20.0 Å². The molecule has 2 N–H and O–H groups in total. The molecule has 2 rings (SSSR count). The topological polar surface area (TPSA) is 109 Å². The molecule has 23 heavy (non-hydrogen) atoms. The Hall–Kier alpha value is -2.48. The molecule has 8 nitrogen and oxygen atoms in total. The van der Waals surface area contributed by atoms with Gasteiger partial charge in [0.1, 0.15) is 12.4 Å². The van der Waals surface area contributed by atoms with Gasteiger partial charge in [0.25, 0.3) is 5.69 Å². The van der Waals surface area contributed by atoms with Gasteiger partial charge < -0.3 is 10.1 Å². The van der Waals surface area contributed by atoms with Gasteiger partial charge in [-0.3, -0.25) is 20.4 Å². The second-order valence-electron chi connectivity index (χ2n) is 5.53. The summed E-state index contributed by atoms with van der Waals surface area (Å²) in [6, 6.07) is 5.84. The van der Waals surface area contributed by atoms with Crippen LogP contribution in [0.4, 0.5) is 10.5 Å². The fourth-order valence-corrected chi connectivity index (χ4v) is 2.41. The third-order valence-electron chi connectivity index (χ3n) is 3.74. The Balaban J connectivity index is 1.90. The molecule has 1 heterocycles. The quantitative estimate of drug-likeness (QED) is 0.374. The number of carbonyl (C=O) groups is 1. The second-order valence-corrected chi connectivity index (χ2v) is 5.53. The molecule has 1 aromatic rings. The van der Waals surface area contributed by atoms with Crippen molar-refractivity contribution in [3.63, 3.8) is 0 Å². The van der Waals surface area contributed by atoms with Crippen LogP contribution in [0.2, 0.25) is 0 Å². The van der Waals surface area contributed by atoms with Gasteiger partial charge in [-0.05, 0) is 50.0 Å². The smallest absolute Gasteiger partial charge is 0.415 e. The lowest BCUT2D eigenvalue weighted by atomic mass is 10.1. The van der Waals surface area contributed by atoms with Crippen molar-refractivity contribution in [1.82, 2.24) is 10.2 Å². The number of amides is 1. The average molecular weight is 320 g/mol. The number of nitro groups is 1. The molecule has 1 atom stereocenters. The molecule has 0 aliphatic carbocycles. The first-order chi connectivity index (χ1) is 11.0. The number of nitrogens with zero attached hydrogens (tertiary/aromatic N) is 2. The molecule has 0 unspecified atom stereocenters. The number of non-ortho nitro benzene ring substituents is 1. The lowest BCUT2D eigenvalue weighted by Crippen LogP contribution is -2.39. The van der Waals surface area contributed by atoms with Crippen LogP contribution in [0, 0.1) is 21.4 Å². The number of nitrogens with one attached hydrogen (secondary N) is 2. The first-order valence-corrected chi connectivity index (χ1v) is 7.41. The van der Waals surface area contributed by atoms with Gasteiger partial charge >= 0.3 is 6.09 Å². The lowest BCUT2D eigenvalue weighted by Gasteiger charge is -2.23. The highest BCUT2D eigenvalue weighted by Crippen LogP contribution is 2.14. The molecule has 124 valence electrons. The van der Waals surface area contributed by atoms with Crippen LogP contribution in [0.3, 0.4) is 0 Å². The van der Waals surface area contributed by atoms with E-state index in [1.54, 1.807) is 19.1 Å². The van der Waals surface area contributed by atoms with Gasteiger partial charge in [-0.2, -0.15) is 0 Å². The third-order valence-corrected chi connectivity index (χ3v) is 3.74. The van der Waals surface area contributed by atoms with Crippen LogP contribution in [0.1, 0.15) is 18.9 Å². The molecule has 0 radical (unpaired) electrons. The molecule has 1 amide bonds. The molecular formula is C15H20N4O4. The number of benzene rings is 1. The Labute approximate surface area is 134 Å². The summed E-state index contributed by atoms with van der Waals surface area (Å²) in [5, 5.41) is 21.5. The minimum Gasteiger partial charge on any atom is -0.444 e. The van der Waals surface area contributed by atoms with Crippen LogP contribution in [0.5, 0.6) is 0 Å². The molecule has 8 heteroatoms. The van der Waals surface area contributed by atoms with Crippen LogP contribution in [0.25, 0.3) is 0 Å². The van der Waals surface area contributed by atoms with E-state index >= 15 is 0 Å². The Morgan fingerprint density at radius 3 is 2.70 bits per heavy atom. The minimum absolute atomic E-state index is 0.00854. The third kappa shape index (κ3) is 4.75. The maximum Gasteiger partial charge on any atom is 0.415 e. The van der Waals surface area contributed by atoms with Crippen molar-refractivity contribution in [1.29, 1.82) is 5.41 Å². The standard InChI is InChI=1S/C15H20N4O4/c1-11(16)18(9-13-6-7-17-8-13)15(20)23-10-12-2-4-14(5-3-12)19(21)22/h2-5,13,16-17H,6-10H2,1H3/t13-/m0/s1. The van der Waals surface area contributed by atoms with Crippen LogP contribution >= 0.6 is 0 Å². The second kappa shape index (κ2) is 7.68. The normalized spacial score (nSPS) is 16.8. The van der Waals surface area contributed by atoms with E-state index in [1.165, 1.54) is 17.0 Å². The summed E-state index contributed by atoms with van der Waals surface area (Å²) in [7, 11) is 0. The van der Waals surface area contributed by atoms with Crippen LogP contribution in [-0.2, 0) is 11.3 Å². The molecule has 0 saturated carbocycles. The molecule has 0 spiro atoms. The number of rotatable bonds is 5. The predicted molar refractivity (Wildman–Crippen MR) is 84.4 cm³/mol. The summed E-state index contributed by atoms with van der Waals surface area (Å²) in [5.41, 5.74) is 0.653. The monoisotopic (exact) mass is 320 g/mol. The summed E-state index contributed by atoms with van der Waals surface area (Å²) in [5.74, 6) is 0.466. The van der Waals surface area contributed by atoms with Crippen molar-refractivity contribution in [2.24, 2.45) is 5.92 Å². The zero-order valence-corrected chi connectivity index (χ0v) is 12.9. The largest absolute Gasteiger partial charge is 0.444 e. The Kier molecular flexibility index (Phi) is 5.64. The van der Waals surface area contributed by atoms with Crippen LogP contribution < -0.4 is 5.32 Å². The first kappa shape index (κ1) is 16.9. The number of amidine groups is 1. The molecule has 1 aliphatic rings. The molecule has 1 aliphatic heterocycles. The highest BCUT2D eigenvalue weighted by Gasteiger charge is 2.24. The van der Waals surface area contributed by atoms with Crippen molar-refractivity contribution in [3.05, 3.63) is 39.9 Å². The first-order valence-electron chi connectivity index (χ1n) is 7.41. The summed E-state index contributed by atoms with van der Waals surface area (Å²) < 4.78 is 5.22. The fourth-order valence-electron chi connectivity index (χ4n) is 2.41. The van der Waals surface area contributed by atoms with Gasteiger partial charge in [0, 0.05) is 18.7 Å². The van der Waals surface area contributed by atoms with Crippen LogP contribution in [-0.4, -0.2) is 41.4 Å². The van der Waals surface area contributed by atoms with E-state index in [0.29, 0.717) is 18.0 Å². The van der Waals surface area contributed by atoms with Gasteiger partial charge in [-0.25, -0.2) is 4.79 Å². The number of nitro benzene ring substituents is 1. The average Bonchev–Trinajstić information content (AvgIpc) is 3.03. The van der Waals surface area contributed by atoms with E-state index in [9.17, 15) is 14.9 Å². The van der Waals surface area contributed by atoms with Crippen LogP contribution in [0.15, 0.2) is 24.3 Å². The summed E-state index contributed by atoms with van der Waals surface area (Å²) in [6.45, 7) is 3.78. The lowest BCUT2D eigenvalue weighted by molar-refractivity contribution is -0.384.